The van der Waals surface area contributed by atoms with Crippen molar-refractivity contribution in [2.75, 3.05) is 32.8 Å². The van der Waals surface area contributed by atoms with Crippen molar-refractivity contribution in [1.29, 1.82) is 0 Å². The van der Waals surface area contributed by atoms with Crippen molar-refractivity contribution in [3.8, 4) is 0 Å². The third kappa shape index (κ3) is 3.30. The number of likely N-dealkylation sites (tertiary alicyclic amines) is 1. The van der Waals surface area contributed by atoms with Gasteiger partial charge in [-0.25, -0.2) is 0 Å². The summed E-state index contributed by atoms with van der Waals surface area (Å²) < 4.78 is 5.82. The fourth-order valence-electron chi connectivity index (χ4n) is 4.97. The molecule has 3 heteroatoms. The van der Waals surface area contributed by atoms with E-state index in [1.54, 1.807) is 0 Å². The van der Waals surface area contributed by atoms with E-state index < -0.39 is 0 Å². The summed E-state index contributed by atoms with van der Waals surface area (Å²) >= 11 is 0. The molecule has 4 fully saturated rings. The number of rotatable bonds is 5. The van der Waals surface area contributed by atoms with Crippen LogP contribution in [0, 0.1) is 11.3 Å². The minimum absolute atomic E-state index is 0.405. The predicted octanol–water partition coefficient (Wildman–Crippen LogP) is 2.80. The molecular weight excluding hydrogens is 260 g/mol. The lowest BCUT2D eigenvalue weighted by Crippen LogP contribution is -2.53. The van der Waals surface area contributed by atoms with Crippen LogP contribution in [0.15, 0.2) is 0 Å². The maximum atomic E-state index is 5.82. The van der Waals surface area contributed by atoms with E-state index >= 15 is 0 Å². The second kappa shape index (κ2) is 6.17. The SMILES string of the molecule is C1CC[C@@H]2[C@H](C1)CCCN2CC1(CNC2CC2)CCOC1. The zero-order valence-electron chi connectivity index (χ0n) is 13.5. The monoisotopic (exact) mass is 292 g/mol. The lowest BCUT2D eigenvalue weighted by Gasteiger charge is -2.47. The van der Waals surface area contributed by atoms with Crippen molar-refractivity contribution in [3.63, 3.8) is 0 Å². The van der Waals surface area contributed by atoms with Crippen molar-refractivity contribution in [1.82, 2.24) is 10.2 Å². The van der Waals surface area contributed by atoms with Gasteiger partial charge in [-0.2, -0.15) is 0 Å². The van der Waals surface area contributed by atoms with Crippen molar-refractivity contribution in [2.24, 2.45) is 11.3 Å². The van der Waals surface area contributed by atoms with E-state index in [0.29, 0.717) is 5.41 Å². The molecule has 2 aliphatic heterocycles. The molecule has 120 valence electrons. The Labute approximate surface area is 129 Å². The first kappa shape index (κ1) is 14.5. The molecule has 4 rings (SSSR count). The predicted molar refractivity (Wildman–Crippen MR) is 85.4 cm³/mol. The highest BCUT2D eigenvalue weighted by Gasteiger charge is 2.41. The van der Waals surface area contributed by atoms with Crippen LogP contribution in [0.5, 0.6) is 0 Å². The zero-order valence-corrected chi connectivity index (χ0v) is 13.5. The van der Waals surface area contributed by atoms with E-state index in [2.05, 4.69) is 10.2 Å². The van der Waals surface area contributed by atoms with Crippen molar-refractivity contribution < 1.29 is 4.74 Å². The van der Waals surface area contributed by atoms with Gasteiger partial charge in [-0.1, -0.05) is 12.8 Å². The Hall–Kier alpha value is -0.120. The molecular formula is C18H32N2O. The number of fused-ring (bicyclic) bond motifs is 1. The molecule has 2 saturated carbocycles. The topological polar surface area (TPSA) is 24.5 Å². The van der Waals surface area contributed by atoms with Crippen LogP contribution in [0.2, 0.25) is 0 Å². The molecule has 2 saturated heterocycles. The Balaban J connectivity index is 1.41. The molecule has 3 nitrogen and oxygen atoms in total. The fourth-order valence-corrected chi connectivity index (χ4v) is 4.97. The molecule has 3 atom stereocenters. The summed E-state index contributed by atoms with van der Waals surface area (Å²) in [5.74, 6) is 1.00. The van der Waals surface area contributed by atoms with E-state index in [-0.39, 0.29) is 0 Å². The van der Waals surface area contributed by atoms with Crippen LogP contribution < -0.4 is 5.32 Å². The van der Waals surface area contributed by atoms with Crippen LogP contribution in [0.25, 0.3) is 0 Å². The van der Waals surface area contributed by atoms with Crippen LogP contribution in [0.4, 0.5) is 0 Å². The molecule has 0 aromatic heterocycles. The zero-order chi connectivity index (χ0) is 14.1. The number of nitrogens with one attached hydrogen (secondary N) is 1. The summed E-state index contributed by atoms with van der Waals surface area (Å²) in [4.78, 5) is 2.87. The van der Waals surface area contributed by atoms with E-state index in [9.17, 15) is 0 Å². The second-order valence-corrected chi connectivity index (χ2v) is 8.18. The fraction of sp³-hybridized carbons (Fsp3) is 1.00. The summed E-state index contributed by atoms with van der Waals surface area (Å²) in [6.45, 7) is 5.78. The Kier molecular flexibility index (Phi) is 4.25. The van der Waals surface area contributed by atoms with Crippen LogP contribution in [0.3, 0.4) is 0 Å². The molecule has 1 unspecified atom stereocenters. The first-order valence-corrected chi connectivity index (χ1v) is 9.40. The normalized spacial score (nSPS) is 41.1. The molecule has 1 N–H and O–H groups in total. The lowest BCUT2D eigenvalue weighted by atomic mass is 9.76. The quantitative estimate of drug-likeness (QED) is 0.843. The van der Waals surface area contributed by atoms with Gasteiger partial charge in [-0.3, -0.25) is 4.90 Å². The molecule has 0 spiro atoms. The lowest BCUT2D eigenvalue weighted by molar-refractivity contribution is 0.0187. The van der Waals surface area contributed by atoms with Crippen LogP contribution >= 0.6 is 0 Å². The average Bonchev–Trinajstić information content (AvgIpc) is 3.25. The highest BCUT2D eigenvalue weighted by molar-refractivity contribution is 4.95. The van der Waals surface area contributed by atoms with Gasteiger partial charge in [0, 0.05) is 37.2 Å². The average molecular weight is 292 g/mol. The van der Waals surface area contributed by atoms with Gasteiger partial charge in [0.05, 0.1) is 6.61 Å². The van der Waals surface area contributed by atoms with Crippen LogP contribution in [0.1, 0.15) is 57.8 Å². The van der Waals surface area contributed by atoms with E-state index in [4.69, 9.17) is 4.74 Å². The summed E-state index contributed by atoms with van der Waals surface area (Å²) in [7, 11) is 0. The van der Waals surface area contributed by atoms with Crippen molar-refractivity contribution in [2.45, 2.75) is 69.9 Å². The molecule has 2 aliphatic carbocycles. The first-order chi connectivity index (χ1) is 10.3. The maximum absolute atomic E-state index is 5.82. The van der Waals surface area contributed by atoms with Gasteiger partial charge < -0.3 is 10.1 Å². The Morgan fingerprint density at radius 1 is 1.05 bits per heavy atom. The minimum Gasteiger partial charge on any atom is -0.381 e. The smallest absolute Gasteiger partial charge is 0.0547 e. The van der Waals surface area contributed by atoms with E-state index in [1.165, 1.54) is 77.4 Å². The molecule has 0 bridgehead atoms. The number of hydrogen-bond donors (Lipinski definition) is 1. The molecule has 0 amide bonds. The van der Waals surface area contributed by atoms with Crippen LogP contribution in [-0.2, 0) is 4.74 Å². The van der Waals surface area contributed by atoms with Crippen molar-refractivity contribution >= 4 is 0 Å². The summed E-state index contributed by atoms with van der Waals surface area (Å²) in [6, 6.07) is 1.72. The Morgan fingerprint density at radius 2 is 1.90 bits per heavy atom. The molecule has 0 aromatic rings. The van der Waals surface area contributed by atoms with Gasteiger partial charge in [-0.15, -0.1) is 0 Å². The largest absolute Gasteiger partial charge is 0.381 e. The molecule has 21 heavy (non-hydrogen) atoms. The van der Waals surface area contributed by atoms with Gasteiger partial charge in [0.1, 0.15) is 0 Å². The second-order valence-electron chi connectivity index (χ2n) is 8.18. The highest BCUT2D eigenvalue weighted by atomic mass is 16.5. The van der Waals surface area contributed by atoms with Crippen molar-refractivity contribution in [3.05, 3.63) is 0 Å². The number of hydrogen-bond acceptors (Lipinski definition) is 3. The first-order valence-electron chi connectivity index (χ1n) is 9.40. The highest BCUT2D eigenvalue weighted by Crippen LogP contribution is 2.38. The molecule has 0 radical (unpaired) electrons. The minimum atomic E-state index is 0.405. The van der Waals surface area contributed by atoms with E-state index in [0.717, 1.165) is 31.2 Å². The number of piperidine rings is 1. The third-order valence-corrected chi connectivity index (χ3v) is 6.42. The van der Waals surface area contributed by atoms with Gasteiger partial charge in [0.25, 0.3) is 0 Å². The summed E-state index contributed by atoms with van der Waals surface area (Å²) in [5, 5.41) is 3.79. The van der Waals surface area contributed by atoms with Gasteiger partial charge in [-0.05, 0) is 57.4 Å². The van der Waals surface area contributed by atoms with E-state index in [1.807, 2.05) is 0 Å². The van der Waals surface area contributed by atoms with Gasteiger partial charge in [0.15, 0.2) is 0 Å². The summed E-state index contributed by atoms with van der Waals surface area (Å²) in [6.07, 6.45) is 12.9. The molecule has 0 aromatic carbocycles. The maximum Gasteiger partial charge on any atom is 0.0547 e. The Morgan fingerprint density at radius 3 is 2.71 bits per heavy atom. The Bertz CT molecular complexity index is 347. The van der Waals surface area contributed by atoms with Crippen LogP contribution in [-0.4, -0.2) is 49.8 Å². The standard InChI is InChI=1S/C18H32N2O/c1-2-6-17-15(4-1)5-3-10-20(17)13-18(9-11-21-14-18)12-19-16-7-8-16/h15-17,19H,1-14H2/t15-,17-,18?/m1/s1. The van der Waals surface area contributed by atoms with Gasteiger partial charge >= 0.3 is 0 Å². The molecule has 4 aliphatic rings. The molecule has 2 heterocycles. The number of nitrogens with zero attached hydrogens (tertiary/aromatic N) is 1. The summed E-state index contributed by atoms with van der Waals surface area (Å²) in [5.41, 5.74) is 0.405. The van der Waals surface area contributed by atoms with Gasteiger partial charge in [0.2, 0.25) is 0 Å². The number of ether oxygens (including phenoxy) is 1. The third-order valence-electron chi connectivity index (χ3n) is 6.42.